The molecule has 5 rings (SSSR count). The molecule has 0 amide bonds. The minimum atomic E-state index is 0.968. The van der Waals surface area contributed by atoms with Crippen LogP contribution in [0, 0.1) is 27.7 Å². The lowest BCUT2D eigenvalue weighted by Crippen LogP contribution is -2.36. The molecule has 0 spiro atoms. The highest BCUT2D eigenvalue weighted by Crippen LogP contribution is 2.50. The molecule has 2 heterocycles. The Morgan fingerprint density at radius 2 is 1.54 bits per heavy atom. The summed E-state index contributed by atoms with van der Waals surface area (Å²) in [7, 11) is 2.16. The maximum absolute atomic E-state index is 6.53. The van der Waals surface area contributed by atoms with E-state index in [0.717, 1.165) is 11.5 Å². The third kappa shape index (κ3) is 1.84. The van der Waals surface area contributed by atoms with E-state index < -0.39 is 0 Å². The molecule has 1 aromatic heterocycles. The fraction of sp³-hybridized carbons (Fsp3) is 0.208. The first-order valence-corrected chi connectivity index (χ1v) is 9.11. The van der Waals surface area contributed by atoms with Gasteiger partial charge in [-0.3, -0.25) is 0 Å². The SMILES string of the molecule is Cc1cc2c3c([n+](C)c(C)cc3c1)-c1c(c(C)c3ccccc3c1C)O2. The molecule has 0 unspecified atom stereocenters. The molecule has 1 aliphatic rings. The van der Waals surface area contributed by atoms with Gasteiger partial charge in [-0.1, -0.05) is 30.3 Å². The minimum absolute atomic E-state index is 0.968. The average molecular weight is 340 g/mol. The van der Waals surface area contributed by atoms with Gasteiger partial charge >= 0.3 is 0 Å². The largest absolute Gasteiger partial charge is 0.455 e. The number of nitrogens with zero attached hydrogens (tertiary/aromatic N) is 1. The van der Waals surface area contributed by atoms with Crippen molar-refractivity contribution in [1.29, 1.82) is 0 Å². The summed E-state index contributed by atoms with van der Waals surface area (Å²) in [5, 5.41) is 5.04. The molecule has 26 heavy (non-hydrogen) atoms. The summed E-state index contributed by atoms with van der Waals surface area (Å²) in [6.45, 7) is 8.71. The van der Waals surface area contributed by atoms with Crippen LogP contribution in [0.3, 0.4) is 0 Å². The molecule has 0 N–H and O–H groups in total. The second-order valence-corrected chi connectivity index (χ2v) is 7.52. The van der Waals surface area contributed by atoms with Gasteiger partial charge in [0.1, 0.15) is 18.5 Å². The number of pyridine rings is 1. The van der Waals surface area contributed by atoms with Crippen LogP contribution in [-0.2, 0) is 7.05 Å². The fourth-order valence-electron chi connectivity index (χ4n) is 4.46. The summed E-state index contributed by atoms with van der Waals surface area (Å²) in [6.07, 6.45) is 0. The number of ether oxygens (including phenoxy) is 1. The van der Waals surface area contributed by atoms with Gasteiger partial charge < -0.3 is 4.74 Å². The van der Waals surface area contributed by atoms with Crippen LogP contribution in [0.2, 0.25) is 0 Å². The average Bonchev–Trinajstić information content (AvgIpc) is 2.62. The van der Waals surface area contributed by atoms with Gasteiger partial charge in [0.2, 0.25) is 5.69 Å². The fourth-order valence-corrected chi connectivity index (χ4v) is 4.46. The van der Waals surface area contributed by atoms with E-state index in [9.17, 15) is 0 Å². The summed E-state index contributed by atoms with van der Waals surface area (Å²) < 4.78 is 8.84. The van der Waals surface area contributed by atoms with Crippen LogP contribution in [0.4, 0.5) is 0 Å². The Kier molecular flexibility index (Phi) is 3.00. The smallest absolute Gasteiger partial charge is 0.228 e. The van der Waals surface area contributed by atoms with Crippen molar-refractivity contribution in [3.8, 4) is 22.8 Å². The van der Waals surface area contributed by atoms with E-state index in [4.69, 9.17) is 4.74 Å². The van der Waals surface area contributed by atoms with E-state index >= 15 is 0 Å². The molecular formula is C24H22NO+. The van der Waals surface area contributed by atoms with Crippen molar-refractivity contribution in [3.05, 3.63) is 64.8 Å². The van der Waals surface area contributed by atoms with E-state index in [1.54, 1.807) is 0 Å². The van der Waals surface area contributed by atoms with Crippen molar-refractivity contribution in [2.45, 2.75) is 27.7 Å². The number of aromatic nitrogens is 1. The van der Waals surface area contributed by atoms with Crippen LogP contribution < -0.4 is 9.30 Å². The van der Waals surface area contributed by atoms with Crippen molar-refractivity contribution in [2.75, 3.05) is 0 Å². The lowest BCUT2D eigenvalue weighted by molar-refractivity contribution is -0.665. The van der Waals surface area contributed by atoms with Crippen LogP contribution in [0.25, 0.3) is 32.8 Å². The van der Waals surface area contributed by atoms with E-state index in [-0.39, 0.29) is 0 Å². The van der Waals surface area contributed by atoms with Gasteiger partial charge in [0, 0.05) is 18.6 Å². The van der Waals surface area contributed by atoms with Crippen LogP contribution >= 0.6 is 0 Å². The van der Waals surface area contributed by atoms with Crippen molar-refractivity contribution in [3.63, 3.8) is 0 Å². The Bertz CT molecular complexity index is 1250. The third-order valence-electron chi connectivity index (χ3n) is 5.87. The maximum atomic E-state index is 6.53. The van der Waals surface area contributed by atoms with Crippen molar-refractivity contribution >= 4 is 21.5 Å². The zero-order valence-electron chi connectivity index (χ0n) is 15.9. The summed E-state index contributed by atoms with van der Waals surface area (Å²) in [5.74, 6) is 1.97. The Balaban J connectivity index is 2.06. The molecule has 0 saturated carbocycles. The predicted octanol–water partition coefficient (Wildman–Crippen LogP) is 5.82. The summed E-state index contributed by atoms with van der Waals surface area (Å²) in [5.41, 5.74) is 7.47. The Morgan fingerprint density at radius 3 is 2.27 bits per heavy atom. The molecule has 128 valence electrons. The second kappa shape index (κ2) is 5.07. The van der Waals surface area contributed by atoms with Crippen LogP contribution in [-0.4, -0.2) is 0 Å². The number of hydrogen-bond donors (Lipinski definition) is 0. The van der Waals surface area contributed by atoms with Gasteiger partial charge in [0.05, 0.1) is 10.9 Å². The highest BCUT2D eigenvalue weighted by Gasteiger charge is 2.32. The number of fused-ring (bicyclic) bond motifs is 3. The van der Waals surface area contributed by atoms with E-state index in [1.165, 1.54) is 55.2 Å². The maximum Gasteiger partial charge on any atom is 0.228 e. The van der Waals surface area contributed by atoms with Crippen molar-refractivity contribution < 1.29 is 9.30 Å². The molecule has 1 aliphatic heterocycles. The number of aryl methyl sites for hydroxylation is 4. The van der Waals surface area contributed by atoms with Crippen molar-refractivity contribution in [2.24, 2.45) is 7.05 Å². The third-order valence-corrected chi connectivity index (χ3v) is 5.87. The number of hydrogen-bond acceptors (Lipinski definition) is 1. The minimum Gasteiger partial charge on any atom is -0.455 e. The van der Waals surface area contributed by atoms with Gasteiger partial charge in [-0.2, -0.15) is 4.57 Å². The highest BCUT2D eigenvalue weighted by molar-refractivity contribution is 6.06. The molecule has 2 heteroatoms. The van der Waals surface area contributed by atoms with E-state index in [1.807, 2.05) is 0 Å². The normalized spacial score (nSPS) is 12.3. The summed E-state index contributed by atoms with van der Waals surface area (Å²) >= 11 is 0. The van der Waals surface area contributed by atoms with Gasteiger partial charge in [0.15, 0.2) is 5.69 Å². The lowest BCUT2D eigenvalue weighted by Gasteiger charge is -2.24. The summed E-state index contributed by atoms with van der Waals surface area (Å²) in [6, 6.07) is 15.3. The van der Waals surface area contributed by atoms with Crippen molar-refractivity contribution in [1.82, 2.24) is 0 Å². The first-order valence-electron chi connectivity index (χ1n) is 9.11. The molecule has 3 aromatic carbocycles. The first-order chi connectivity index (χ1) is 12.5. The number of rotatable bonds is 0. The molecule has 0 radical (unpaired) electrons. The predicted molar refractivity (Wildman–Crippen MR) is 107 cm³/mol. The zero-order valence-corrected chi connectivity index (χ0v) is 15.9. The van der Waals surface area contributed by atoms with Gasteiger partial charge in [-0.15, -0.1) is 0 Å². The quantitative estimate of drug-likeness (QED) is 0.324. The van der Waals surface area contributed by atoms with E-state index in [0.29, 0.717) is 0 Å². The molecule has 0 fully saturated rings. The van der Waals surface area contributed by atoms with E-state index in [2.05, 4.69) is 81.8 Å². The molecule has 2 nitrogen and oxygen atoms in total. The molecule has 4 aromatic rings. The summed E-state index contributed by atoms with van der Waals surface area (Å²) in [4.78, 5) is 0. The molecule has 0 bridgehead atoms. The second-order valence-electron chi connectivity index (χ2n) is 7.52. The monoisotopic (exact) mass is 340 g/mol. The highest BCUT2D eigenvalue weighted by atomic mass is 16.5. The first kappa shape index (κ1) is 15.4. The molecule has 0 atom stereocenters. The van der Waals surface area contributed by atoms with Gasteiger partial charge in [-0.25, -0.2) is 0 Å². The molecule has 0 aliphatic carbocycles. The van der Waals surface area contributed by atoms with Crippen LogP contribution in [0.15, 0.2) is 42.5 Å². The molecule has 0 saturated heterocycles. The van der Waals surface area contributed by atoms with Gasteiger partial charge in [0.25, 0.3) is 0 Å². The molecular weight excluding hydrogens is 318 g/mol. The zero-order chi connectivity index (χ0) is 18.2. The Hall–Kier alpha value is -2.87. The van der Waals surface area contributed by atoms with Crippen LogP contribution in [0.5, 0.6) is 11.5 Å². The number of benzene rings is 3. The van der Waals surface area contributed by atoms with Gasteiger partial charge in [-0.05, 0) is 54.1 Å². The van der Waals surface area contributed by atoms with Crippen LogP contribution in [0.1, 0.15) is 22.4 Å². The standard InChI is InChI=1S/C24H22NO/c1-13-10-17-12-14(2)25(5)23-21-15(3)18-8-6-7-9-19(18)16(4)24(21)26-20(11-13)22(17)23/h6-12H,1-5H3/q+1. The Morgan fingerprint density at radius 1 is 0.846 bits per heavy atom. The Labute approximate surface area is 153 Å². The topological polar surface area (TPSA) is 13.1 Å². The lowest BCUT2D eigenvalue weighted by atomic mass is 9.88.